The molecule has 4 aromatic heterocycles. The van der Waals surface area contributed by atoms with Crippen molar-refractivity contribution < 1.29 is 28.1 Å². The summed E-state index contributed by atoms with van der Waals surface area (Å²) < 4.78 is 16.2. The minimum atomic E-state index is -0.727. The van der Waals surface area contributed by atoms with E-state index in [2.05, 4.69) is 20.3 Å². The Labute approximate surface area is 234 Å². The number of furan rings is 2. The summed E-state index contributed by atoms with van der Waals surface area (Å²) in [5.41, 5.74) is 2.98. The predicted molar refractivity (Wildman–Crippen MR) is 148 cm³/mol. The Hall–Kier alpha value is -5.69. The summed E-state index contributed by atoms with van der Waals surface area (Å²) in [6, 6.07) is 17.7. The highest BCUT2D eigenvalue weighted by Gasteiger charge is 2.19. The number of thiazole rings is 1. The van der Waals surface area contributed by atoms with E-state index in [9.17, 15) is 19.7 Å². The van der Waals surface area contributed by atoms with Crippen molar-refractivity contribution in [2.45, 2.75) is 0 Å². The summed E-state index contributed by atoms with van der Waals surface area (Å²) in [7, 11) is 0. The second-order valence-corrected chi connectivity index (χ2v) is 9.41. The number of hydrogen-bond donors (Lipinski definition) is 1. The number of anilines is 1. The highest BCUT2D eigenvalue weighted by molar-refractivity contribution is 7.14. The molecule has 6 rings (SSSR count). The summed E-state index contributed by atoms with van der Waals surface area (Å²) in [4.78, 5) is 49.3. The molecule has 12 nitrogen and oxygen atoms in total. The molecular weight excluding hydrogens is 550 g/mol. The van der Waals surface area contributed by atoms with Crippen LogP contribution in [-0.4, -0.2) is 38.4 Å². The number of hydrogen-bond acceptors (Lipinski definition) is 11. The zero-order valence-electron chi connectivity index (χ0n) is 20.8. The van der Waals surface area contributed by atoms with Crippen molar-refractivity contribution in [1.29, 1.82) is 0 Å². The molecule has 0 aliphatic rings. The van der Waals surface area contributed by atoms with Crippen LogP contribution in [0.5, 0.6) is 0 Å². The number of amides is 1. The van der Waals surface area contributed by atoms with Crippen LogP contribution in [0.3, 0.4) is 0 Å². The number of benzene rings is 2. The van der Waals surface area contributed by atoms with E-state index in [1.165, 1.54) is 36.8 Å². The lowest BCUT2D eigenvalue weighted by Gasteiger charge is -2.08. The molecule has 0 saturated carbocycles. The van der Waals surface area contributed by atoms with Crippen LogP contribution in [0.1, 0.15) is 10.4 Å². The van der Waals surface area contributed by atoms with Gasteiger partial charge in [-0.2, -0.15) is 0 Å². The number of non-ortho nitro benzene ring substituents is 1. The van der Waals surface area contributed by atoms with Crippen LogP contribution in [0, 0.1) is 10.1 Å². The van der Waals surface area contributed by atoms with Gasteiger partial charge in [0.25, 0.3) is 11.6 Å². The molecule has 41 heavy (non-hydrogen) atoms. The summed E-state index contributed by atoms with van der Waals surface area (Å²) in [6.45, 7) is -0.552. The molecule has 0 aliphatic heterocycles. The van der Waals surface area contributed by atoms with Crippen LogP contribution in [0.25, 0.3) is 45.2 Å². The average molecular weight is 568 g/mol. The van der Waals surface area contributed by atoms with Gasteiger partial charge >= 0.3 is 5.97 Å². The van der Waals surface area contributed by atoms with Gasteiger partial charge in [0.15, 0.2) is 23.3 Å². The first kappa shape index (κ1) is 25.6. The number of aromatic nitrogens is 3. The number of fused-ring (bicyclic) bond motifs is 1. The lowest BCUT2D eigenvalue weighted by atomic mass is 10.1. The fraction of sp³-hybridized carbons (Fsp3) is 0.0357. The molecule has 0 spiro atoms. The number of carbonyl (C=O) groups excluding carboxylic acids is 2. The third-order valence-corrected chi connectivity index (χ3v) is 6.60. The standard InChI is InChI=1S/C28H17N5O7S/c34-24(32-28-31-21(15-41-28)16-4-1-5-18(12-16)33(36)37)14-40-27(35)17-8-9-19-20(13-17)30-26(23-7-3-11-39-23)25(29-19)22-6-2-10-38-22/h1-13,15H,14H2,(H,31,32,34). The lowest BCUT2D eigenvalue weighted by Crippen LogP contribution is -2.20. The van der Waals surface area contributed by atoms with Gasteiger partial charge in [-0.3, -0.25) is 20.2 Å². The average Bonchev–Trinajstić information content (AvgIpc) is 3.78. The lowest BCUT2D eigenvalue weighted by molar-refractivity contribution is -0.384. The molecule has 1 N–H and O–H groups in total. The first-order valence-corrected chi connectivity index (χ1v) is 12.9. The molecule has 202 valence electrons. The Balaban J connectivity index is 1.14. The Bertz CT molecular complexity index is 1900. The molecule has 0 bridgehead atoms. The van der Waals surface area contributed by atoms with E-state index in [-0.39, 0.29) is 16.4 Å². The van der Waals surface area contributed by atoms with E-state index < -0.39 is 23.4 Å². The first-order chi connectivity index (χ1) is 19.9. The topological polar surface area (TPSA) is 163 Å². The van der Waals surface area contributed by atoms with Gasteiger partial charge in [-0.1, -0.05) is 12.1 Å². The maximum absolute atomic E-state index is 12.7. The molecular formula is C28H17N5O7S. The predicted octanol–water partition coefficient (Wildman–Crippen LogP) is 5.98. The van der Waals surface area contributed by atoms with E-state index in [0.717, 1.165) is 11.3 Å². The van der Waals surface area contributed by atoms with Crippen LogP contribution in [0.15, 0.2) is 93.5 Å². The van der Waals surface area contributed by atoms with Crippen LogP contribution in [-0.2, 0) is 9.53 Å². The van der Waals surface area contributed by atoms with E-state index in [4.69, 9.17) is 13.6 Å². The third kappa shape index (κ3) is 5.42. The molecule has 0 radical (unpaired) electrons. The maximum Gasteiger partial charge on any atom is 0.338 e. The van der Waals surface area contributed by atoms with Crippen LogP contribution >= 0.6 is 11.3 Å². The van der Waals surface area contributed by atoms with Gasteiger partial charge < -0.3 is 13.6 Å². The third-order valence-electron chi connectivity index (χ3n) is 5.85. The van der Waals surface area contributed by atoms with Crippen molar-refractivity contribution in [3.05, 3.63) is 100 Å². The summed E-state index contributed by atoms with van der Waals surface area (Å²) >= 11 is 1.14. The van der Waals surface area contributed by atoms with Crippen molar-refractivity contribution in [2.24, 2.45) is 0 Å². The fourth-order valence-electron chi connectivity index (χ4n) is 3.96. The normalized spacial score (nSPS) is 10.9. The van der Waals surface area contributed by atoms with Crippen molar-refractivity contribution in [3.8, 4) is 34.2 Å². The summed E-state index contributed by atoms with van der Waals surface area (Å²) in [5, 5.41) is 15.5. The minimum Gasteiger partial charge on any atom is -0.463 e. The Kier molecular flexibility index (Phi) is 6.75. The van der Waals surface area contributed by atoms with Crippen molar-refractivity contribution >= 4 is 45.1 Å². The van der Waals surface area contributed by atoms with Crippen molar-refractivity contribution in [1.82, 2.24) is 15.0 Å². The Morgan fingerprint density at radius 1 is 0.902 bits per heavy atom. The number of carbonyl (C=O) groups is 2. The van der Waals surface area contributed by atoms with Crippen molar-refractivity contribution in [3.63, 3.8) is 0 Å². The molecule has 2 aromatic carbocycles. The fourth-order valence-corrected chi connectivity index (χ4v) is 4.70. The zero-order chi connectivity index (χ0) is 28.3. The molecule has 0 aliphatic carbocycles. The number of nitro benzene ring substituents is 1. The van der Waals surface area contributed by atoms with Crippen LogP contribution < -0.4 is 5.32 Å². The number of esters is 1. The smallest absolute Gasteiger partial charge is 0.338 e. The van der Waals surface area contributed by atoms with Gasteiger partial charge in [0, 0.05) is 23.1 Å². The monoisotopic (exact) mass is 567 g/mol. The van der Waals surface area contributed by atoms with Gasteiger partial charge in [-0.05, 0) is 42.5 Å². The van der Waals surface area contributed by atoms with E-state index in [0.29, 0.717) is 45.2 Å². The molecule has 4 heterocycles. The van der Waals surface area contributed by atoms with Gasteiger partial charge in [-0.15, -0.1) is 11.3 Å². The first-order valence-electron chi connectivity index (χ1n) is 12.0. The van der Waals surface area contributed by atoms with E-state index in [1.807, 2.05) is 0 Å². The molecule has 0 fully saturated rings. The minimum absolute atomic E-state index is 0.0668. The number of rotatable bonds is 8. The molecule has 0 saturated heterocycles. The van der Waals surface area contributed by atoms with Gasteiger partial charge in [-0.25, -0.2) is 19.7 Å². The van der Waals surface area contributed by atoms with Gasteiger partial charge in [0.1, 0.15) is 11.4 Å². The quantitative estimate of drug-likeness (QED) is 0.131. The van der Waals surface area contributed by atoms with Crippen LogP contribution in [0.4, 0.5) is 10.8 Å². The van der Waals surface area contributed by atoms with Crippen molar-refractivity contribution in [2.75, 3.05) is 11.9 Å². The number of nitrogens with one attached hydrogen (secondary N) is 1. The number of nitro groups is 1. The van der Waals surface area contributed by atoms with E-state index >= 15 is 0 Å². The van der Waals surface area contributed by atoms with E-state index in [1.54, 1.807) is 47.8 Å². The Morgan fingerprint density at radius 3 is 2.32 bits per heavy atom. The summed E-state index contributed by atoms with van der Waals surface area (Å²) in [6.07, 6.45) is 3.05. The zero-order valence-corrected chi connectivity index (χ0v) is 21.7. The second kappa shape index (κ2) is 10.8. The second-order valence-electron chi connectivity index (χ2n) is 8.55. The molecule has 13 heteroatoms. The molecule has 6 aromatic rings. The highest BCUT2D eigenvalue weighted by atomic mass is 32.1. The Morgan fingerprint density at radius 2 is 1.63 bits per heavy atom. The molecule has 0 atom stereocenters. The number of nitrogens with zero attached hydrogens (tertiary/aromatic N) is 4. The highest BCUT2D eigenvalue weighted by Crippen LogP contribution is 2.32. The van der Waals surface area contributed by atoms with Gasteiger partial charge in [0.05, 0.1) is 39.7 Å². The van der Waals surface area contributed by atoms with Crippen LogP contribution in [0.2, 0.25) is 0 Å². The SMILES string of the molecule is O=C(COC(=O)c1ccc2nc(-c3ccco3)c(-c3ccco3)nc2c1)Nc1nc(-c2cccc([N+](=O)[O-])c2)cs1. The number of ether oxygens (including phenoxy) is 1. The summed E-state index contributed by atoms with van der Waals surface area (Å²) in [5.74, 6) is -0.332. The maximum atomic E-state index is 12.7. The van der Waals surface area contributed by atoms with Gasteiger partial charge in [0.2, 0.25) is 0 Å². The molecule has 0 unspecified atom stereocenters. The largest absolute Gasteiger partial charge is 0.463 e. The molecule has 1 amide bonds.